The molecule has 6 heteroatoms. The van der Waals surface area contributed by atoms with Gasteiger partial charge in [-0.15, -0.1) is 0 Å². The maximum Gasteiger partial charge on any atom is 0.297 e. The van der Waals surface area contributed by atoms with Gasteiger partial charge in [0.25, 0.3) is 5.91 Å². The van der Waals surface area contributed by atoms with Crippen LogP contribution in [0.3, 0.4) is 0 Å². The Morgan fingerprint density at radius 2 is 2.00 bits per heavy atom. The highest BCUT2D eigenvalue weighted by Crippen LogP contribution is 2.26. The molecule has 2 aromatic rings. The Balaban J connectivity index is 1.84. The number of aromatic nitrogens is 1. The summed E-state index contributed by atoms with van der Waals surface area (Å²) < 4.78 is 0. The summed E-state index contributed by atoms with van der Waals surface area (Å²) in [6.07, 6.45) is 6.15. The number of para-hydroxylation sites is 1. The highest BCUT2D eigenvalue weighted by molar-refractivity contribution is 6.02. The predicted octanol–water partition coefficient (Wildman–Crippen LogP) is 2.78. The summed E-state index contributed by atoms with van der Waals surface area (Å²) in [5.74, 6) is -0.519. The summed E-state index contributed by atoms with van der Waals surface area (Å²) >= 11 is 0. The lowest BCUT2D eigenvalue weighted by atomic mass is 10.1. The molecule has 1 aromatic carbocycles. The second-order valence-electron chi connectivity index (χ2n) is 5.69. The second-order valence-corrected chi connectivity index (χ2v) is 5.69. The maximum absolute atomic E-state index is 12.3. The fraction of sp³-hybridized carbons (Fsp3) is 0.158. The van der Waals surface area contributed by atoms with E-state index in [-0.39, 0.29) is 17.1 Å². The van der Waals surface area contributed by atoms with E-state index in [9.17, 15) is 9.90 Å². The number of nitrogens with zero attached hydrogens (tertiary/aromatic N) is 4. The Morgan fingerprint density at radius 1 is 1.24 bits per heavy atom. The zero-order chi connectivity index (χ0) is 17.8. The van der Waals surface area contributed by atoms with Crippen molar-refractivity contribution in [3.63, 3.8) is 0 Å². The zero-order valence-corrected chi connectivity index (χ0v) is 14.0. The fourth-order valence-electron chi connectivity index (χ4n) is 2.68. The van der Waals surface area contributed by atoms with Crippen LogP contribution in [0.2, 0.25) is 0 Å². The van der Waals surface area contributed by atoms with Crippen molar-refractivity contribution in [1.82, 2.24) is 4.98 Å². The molecule has 1 amide bonds. The van der Waals surface area contributed by atoms with Crippen molar-refractivity contribution in [1.29, 1.82) is 0 Å². The number of aromatic hydroxyl groups is 1. The van der Waals surface area contributed by atoms with Crippen LogP contribution >= 0.6 is 0 Å². The fourth-order valence-corrected chi connectivity index (χ4v) is 2.68. The van der Waals surface area contributed by atoms with E-state index < -0.39 is 5.91 Å². The van der Waals surface area contributed by atoms with Crippen molar-refractivity contribution in [2.75, 3.05) is 11.4 Å². The number of benzene rings is 1. The van der Waals surface area contributed by atoms with Gasteiger partial charge in [-0.2, -0.15) is 0 Å². The van der Waals surface area contributed by atoms with Gasteiger partial charge in [0, 0.05) is 24.3 Å². The molecule has 0 radical (unpaired) electrons. The molecule has 2 heterocycles. The predicted molar refractivity (Wildman–Crippen MR) is 98.3 cm³/mol. The molecule has 1 aliphatic rings. The Hall–Kier alpha value is -3.28. The molecule has 0 atom stereocenters. The van der Waals surface area contributed by atoms with Gasteiger partial charge in [0.1, 0.15) is 17.1 Å². The first-order chi connectivity index (χ1) is 12.1. The van der Waals surface area contributed by atoms with Gasteiger partial charge in [-0.1, -0.05) is 18.2 Å². The van der Waals surface area contributed by atoms with E-state index in [4.69, 9.17) is 0 Å². The van der Waals surface area contributed by atoms with Gasteiger partial charge >= 0.3 is 0 Å². The third kappa shape index (κ3) is 3.63. The van der Waals surface area contributed by atoms with Crippen LogP contribution in [0.4, 0.5) is 5.69 Å². The van der Waals surface area contributed by atoms with Gasteiger partial charge in [0.05, 0.1) is 12.8 Å². The third-order valence-corrected chi connectivity index (χ3v) is 3.85. The number of aliphatic imine (C=N–C) groups is 2. The van der Waals surface area contributed by atoms with E-state index in [1.165, 1.54) is 18.5 Å². The minimum atomic E-state index is -0.489. The van der Waals surface area contributed by atoms with Gasteiger partial charge in [-0.25, -0.2) is 4.99 Å². The van der Waals surface area contributed by atoms with Crippen LogP contribution in [0.1, 0.15) is 16.8 Å². The second kappa shape index (κ2) is 7.09. The Bertz CT molecular complexity index is 880. The molecule has 0 saturated heterocycles. The average molecular weight is 334 g/mol. The summed E-state index contributed by atoms with van der Waals surface area (Å²) in [4.78, 5) is 26.3. The largest absolute Gasteiger partial charge is 0.506 e. The van der Waals surface area contributed by atoms with Crippen molar-refractivity contribution in [2.24, 2.45) is 9.98 Å². The summed E-state index contributed by atoms with van der Waals surface area (Å²) in [5, 5.41) is 9.67. The van der Waals surface area contributed by atoms with Crippen molar-refractivity contribution in [2.45, 2.75) is 13.8 Å². The van der Waals surface area contributed by atoms with E-state index in [1.54, 1.807) is 18.5 Å². The number of hydrogen-bond acceptors (Lipinski definition) is 5. The first-order valence-corrected chi connectivity index (χ1v) is 7.86. The first kappa shape index (κ1) is 16.6. The van der Waals surface area contributed by atoms with Crippen molar-refractivity contribution < 1.29 is 9.90 Å². The molecule has 25 heavy (non-hydrogen) atoms. The number of aryl methyl sites for hydroxylation is 2. The van der Waals surface area contributed by atoms with Crippen LogP contribution in [0.5, 0.6) is 5.75 Å². The molecule has 3 rings (SSSR count). The van der Waals surface area contributed by atoms with Crippen molar-refractivity contribution in [3.05, 3.63) is 65.2 Å². The zero-order valence-electron chi connectivity index (χ0n) is 14.0. The standard InChI is InChI=1S/C19H18N4O2/c1-13-5-3-6-14(2)18(13)23-10-9-21-16(12-23)19(25)22-11-15-17(24)7-4-8-20-15/h3-9,11-12,24H,10H2,1-2H3. The molecule has 1 N–H and O–H groups in total. The molecule has 0 aliphatic carbocycles. The summed E-state index contributed by atoms with van der Waals surface area (Å²) in [5.41, 5.74) is 3.79. The molecule has 0 bridgehead atoms. The SMILES string of the molecule is Cc1cccc(C)c1N1C=C(C(=O)N=Cc2ncccc2O)N=CC1. The van der Waals surface area contributed by atoms with Gasteiger partial charge in [0.2, 0.25) is 0 Å². The highest BCUT2D eigenvalue weighted by Gasteiger charge is 2.16. The number of rotatable bonds is 3. The number of amides is 1. The van der Waals surface area contributed by atoms with E-state index in [1.807, 2.05) is 36.9 Å². The normalized spacial score (nSPS) is 14.0. The maximum atomic E-state index is 12.3. The molecule has 0 fully saturated rings. The molecular formula is C19H18N4O2. The van der Waals surface area contributed by atoms with Crippen LogP contribution in [0.25, 0.3) is 0 Å². The topological polar surface area (TPSA) is 78.2 Å². The summed E-state index contributed by atoms with van der Waals surface area (Å²) in [7, 11) is 0. The summed E-state index contributed by atoms with van der Waals surface area (Å²) in [6.45, 7) is 4.66. The molecule has 0 unspecified atom stereocenters. The Morgan fingerprint density at radius 3 is 2.72 bits per heavy atom. The lowest BCUT2D eigenvalue weighted by Crippen LogP contribution is -2.25. The Kier molecular flexibility index (Phi) is 4.70. The van der Waals surface area contributed by atoms with Crippen LogP contribution in [0, 0.1) is 13.8 Å². The molecule has 0 saturated carbocycles. The van der Waals surface area contributed by atoms with E-state index in [2.05, 4.69) is 15.0 Å². The summed E-state index contributed by atoms with van der Waals surface area (Å²) in [6, 6.07) is 9.16. The van der Waals surface area contributed by atoms with Gasteiger partial charge < -0.3 is 10.0 Å². The Labute approximate surface area is 145 Å². The molecular weight excluding hydrogens is 316 g/mol. The number of carbonyl (C=O) groups is 1. The van der Waals surface area contributed by atoms with Crippen LogP contribution in [0.15, 0.2) is 58.4 Å². The van der Waals surface area contributed by atoms with Crippen LogP contribution in [-0.4, -0.2) is 35.0 Å². The molecule has 0 spiro atoms. The molecule has 1 aromatic heterocycles. The van der Waals surface area contributed by atoms with Crippen LogP contribution in [-0.2, 0) is 4.79 Å². The smallest absolute Gasteiger partial charge is 0.297 e. The minimum absolute atomic E-state index is 0.0302. The van der Waals surface area contributed by atoms with E-state index in [0.29, 0.717) is 6.54 Å². The number of pyridine rings is 1. The lowest BCUT2D eigenvalue weighted by Gasteiger charge is -2.25. The van der Waals surface area contributed by atoms with E-state index >= 15 is 0 Å². The van der Waals surface area contributed by atoms with E-state index in [0.717, 1.165) is 16.8 Å². The van der Waals surface area contributed by atoms with Crippen molar-refractivity contribution in [3.8, 4) is 5.75 Å². The van der Waals surface area contributed by atoms with Crippen molar-refractivity contribution >= 4 is 24.0 Å². The van der Waals surface area contributed by atoms with Gasteiger partial charge in [-0.05, 0) is 37.1 Å². The quantitative estimate of drug-likeness (QED) is 0.876. The lowest BCUT2D eigenvalue weighted by molar-refractivity contribution is -0.114. The molecule has 1 aliphatic heterocycles. The molecule has 6 nitrogen and oxygen atoms in total. The number of anilines is 1. The molecule has 126 valence electrons. The number of hydrogen-bond donors (Lipinski definition) is 1. The van der Waals surface area contributed by atoms with Gasteiger partial charge in [0.15, 0.2) is 0 Å². The van der Waals surface area contributed by atoms with Gasteiger partial charge in [-0.3, -0.25) is 14.8 Å². The third-order valence-electron chi connectivity index (χ3n) is 3.85. The average Bonchev–Trinajstić information content (AvgIpc) is 2.61. The highest BCUT2D eigenvalue weighted by atomic mass is 16.3. The van der Waals surface area contributed by atoms with Crippen LogP contribution < -0.4 is 4.90 Å². The first-order valence-electron chi connectivity index (χ1n) is 7.86. The minimum Gasteiger partial charge on any atom is -0.506 e. The number of carbonyl (C=O) groups excluding carboxylic acids is 1. The monoisotopic (exact) mass is 334 g/mol.